The third kappa shape index (κ3) is 3.72. The first kappa shape index (κ1) is 12.3. The topological polar surface area (TPSA) is 32.5 Å². The SMILES string of the molecule is CC(C)C(N)CN1CCN(CC2CC2)CC1. The van der Waals surface area contributed by atoms with Crippen molar-refractivity contribution in [1.29, 1.82) is 0 Å². The molecule has 2 aliphatic rings. The van der Waals surface area contributed by atoms with Crippen LogP contribution in [0.3, 0.4) is 0 Å². The molecule has 1 saturated carbocycles. The van der Waals surface area contributed by atoms with Gasteiger partial charge >= 0.3 is 0 Å². The normalized spacial score (nSPS) is 26.2. The molecule has 2 rings (SSSR count). The van der Waals surface area contributed by atoms with Crippen LogP contribution < -0.4 is 5.73 Å². The largest absolute Gasteiger partial charge is 0.326 e. The number of piperazine rings is 1. The van der Waals surface area contributed by atoms with Crippen molar-refractivity contribution in [2.24, 2.45) is 17.6 Å². The molecule has 0 bridgehead atoms. The molecular weight excluding hydrogens is 198 g/mol. The molecule has 1 aliphatic carbocycles. The third-order valence-electron chi connectivity index (χ3n) is 4.00. The van der Waals surface area contributed by atoms with Gasteiger partial charge < -0.3 is 10.6 Å². The van der Waals surface area contributed by atoms with E-state index >= 15 is 0 Å². The maximum absolute atomic E-state index is 6.12. The molecule has 1 heterocycles. The van der Waals surface area contributed by atoms with Crippen LogP contribution in [0.15, 0.2) is 0 Å². The molecule has 0 radical (unpaired) electrons. The Bertz CT molecular complexity index is 205. The summed E-state index contributed by atoms with van der Waals surface area (Å²) in [6, 6.07) is 0.343. The predicted molar refractivity (Wildman–Crippen MR) is 68.4 cm³/mol. The van der Waals surface area contributed by atoms with Gasteiger partial charge in [-0.3, -0.25) is 4.90 Å². The fraction of sp³-hybridized carbons (Fsp3) is 1.00. The summed E-state index contributed by atoms with van der Waals surface area (Å²) in [6.07, 6.45) is 2.94. The summed E-state index contributed by atoms with van der Waals surface area (Å²) in [5.74, 6) is 1.63. The molecule has 2 N–H and O–H groups in total. The first-order valence-corrected chi connectivity index (χ1v) is 6.85. The zero-order chi connectivity index (χ0) is 11.5. The third-order valence-corrected chi connectivity index (χ3v) is 4.00. The summed E-state index contributed by atoms with van der Waals surface area (Å²) in [4.78, 5) is 5.17. The van der Waals surface area contributed by atoms with Gasteiger partial charge in [0.05, 0.1) is 0 Å². The predicted octanol–water partition coefficient (Wildman–Crippen LogP) is 0.997. The van der Waals surface area contributed by atoms with E-state index in [4.69, 9.17) is 5.73 Å². The van der Waals surface area contributed by atoms with Crippen LogP contribution in [0.2, 0.25) is 0 Å². The molecule has 16 heavy (non-hydrogen) atoms. The summed E-state index contributed by atoms with van der Waals surface area (Å²) in [5, 5.41) is 0. The van der Waals surface area contributed by atoms with Crippen molar-refractivity contribution in [3.05, 3.63) is 0 Å². The van der Waals surface area contributed by atoms with E-state index in [9.17, 15) is 0 Å². The number of nitrogens with two attached hydrogens (primary N) is 1. The molecule has 0 aromatic rings. The summed E-state index contributed by atoms with van der Waals surface area (Å²) >= 11 is 0. The molecule has 0 aromatic carbocycles. The first-order valence-electron chi connectivity index (χ1n) is 6.85. The monoisotopic (exact) mass is 225 g/mol. The summed E-state index contributed by atoms with van der Waals surface area (Å²) in [6.45, 7) is 11.8. The molecule has 2 fully saturated rings. The lowest BCUT2D eigenvalue weighted by Gasteiger charge is -2.36. The summed E-state index contributed by atoms with van der Waals surface area (Å²) in [5.41, 5.74) is 6.12. The molecule has 1 aliphatic heterocycles. The number of hydrogen-bond acceptors (Lipinski definition) is 3. The van der Waals surface area contributed by atoms with Crippen LogP contribution in [0.1, 0.15) is 26.7 Å². The van der Waals surface area contributed by atoms with Crippen molar-refractivity contribution < 1.29 is 0 Å². The Kier molecular flexibility index (Phi) is 4.22. The minimum absolute atomic E-state index is 0.343. The quantitative estimate of drug-likeness (QED) is 0.757. The van der Waals surface area contributed by atoms with Crippen LogP contribution in [0, 0.1) is 11.8 Å². The van der Waals surface area contributed by atoms with E-state index in [1.165, 1.54) is 45.6 Å². The highest BCUT2D eigenvalue weighted by atomic mass is 15.3. The second-order valence-corrected chi connectivity index (χ2v) is 5.95. The van der Waals surface area contributed by atoms with Gasteiger partial charge in [-0.2, -0.15) is 0 Å². The lowest BCUT2D eigenvalue weighted by Crippen LogP contribution is -2.51. The molecule has 0 amide bonds. The molecule has 3 nitrogen and oxygen atoms in total. The standard InChI is InChI=1S/C13H27N3/c1-11(2)13(14)10-16-7-5-15(6-8-16)9-12-3-4-12/h11-13H,3-10,14H2,1-2H3. The zero-order valence-electron chi connectivity index (χ0n) is 10.9. The van der Waals surface area contributed by atoms with Crippen molar-refractivity contribution in [3.63, 3.8) is 0 Å². The fourth-order valence-corrected chi connectivity index (χ4v) is 2.33. The molecule has 0 aromatic heterocycles. The Hall–Kier alpha value is -0.120. The van der Waals surface area contributed by atoms with Crippen molar-refractivity contribution in [1.82, 2.24) is 9.80 Å². The Balaban J connectivity index is 1.64. The number of nitrogens with zero attached hydrogens (tertiary/aromatic N) is 2. The Morgan fingerprint density at radius 2 is 1.62 bits per heavy atom. The highest BCUT2D eigenvalue weighted by Gasteiger charge is 2.26. The van der Waals surface area contributed by atoms with Gasteiger partial charge in [0.1, 0.15) is 0 Å². The Morgan fingerprint density at radius 3 is 2.12 bits per heavy atom. The summed E-state index contributed by atoms with van der Waals surface area (Å²) in [7, 11) is 0. The van der Waals surface area contributed by atoms with Gasteiger partial charge in [0, 0.05) is 45.3 Å². The van der Waals surface area contributed by atoms with Crippen molar-refractivity contribution in [2.75, 3.05) is 39.3 Å². The zero-order valence-corrected chi connectivity index (χ0v) is 10.9. The van der Waals surface area contributed by atoms with Crippen LogP contribution >= 0.6 is 0 Å². The van der Waals surface area contributed by atoms with Gasteiger partial charge in [-0.1, -0.05) is 13.8 Å². The number of hydrogen-bond donors (Lipinski definition) is 1. The van der Waals surface area contributed by atoms with Crippen LogP contribution in [-0.4, -0.2) is 55.1 Å². The van der Waals surface area contributed by atoms with Crippen molar-refractivity contribution >= 4 is 0 Å². The lowest BCUT2D eigenvalue weighted by atomic mass is 10.0. The van der Waals surface area contributed by atoms with E-state index in [1.54, 1.807) is 0 Å². The van der Waals surface area contributed by atoms with Gasteiger partial charge in [-0.15, -0.1) is 0 Å². The maximum Gasteiger partial charge on any atom is 0.0191 e. The van der Waals surface area contributed by atoms with E-state index in [1.807, 2.05) is 0 Å². The summed E-state index contributed by atoms with van der Waals surface area (Å²) < 4.78 is 0. The Morgan fingerprint density at radius 1 is 1.06 bits per heavy atom. The maximum atomic E-state index is 6.12. The van der Waals surface area contributed by atoms with Crippen LogP contribution in [-0.2, 0) is 0 Å². The minimum atomic E-state index is 0.343. The van der Waals surface area contributed by atoms with E-state index in [0.29, 0.717) is 12.0 Å². The van der Waals surface area contributed by atoms with Gasteiger partial charge in [0.2, 0.25) is 0 Å². The van der Waals surface area contributed by atoms with E-state index < -0.39 is 0 Å². The average molecular weight is 225 g/mol. The van der Waals surface area contributed by atoms with Crippen molar-refractivity contribution in [2.45, 2.75) is 32.7 Å². The van der Waals surface area contributed by atoms with Gasteiger partial charge in [0.25, 0.3) is 0 Å². The molecule has 94 valence electrons. The molecular formula is C13H27N3. The smallest absolute Gasteiger partial charge is 0.0191 e. The van der Waals surface area contributed by atoms with Crippen LogP contribution in [0.25, 0.3) is 0 Å². The second kappa shape index (κ2) is 5.48. The van der Waals surface area contributed by atoms with Gasteiger partial charge in [0.15, 0.2) is 0 Å². The lowest BCUT2D eigenvalue weighted by molar-refractivity contribution is 0.118. The van der Waals surface area contributed by atoms with E-state index in [0.717, 1.165) is 12.5 Å². The molecule has 1 saturated heterocycles. The first-order chi connectivity index (χ1) is 7.65. The number of rotatable bonds is 5. The average Bonchev–Trinajstić information content (AvgIpc) is 3.04. The highest BCUT2D eigenvalue weighted by molar-refractivity contribution is 4.82. The van der Waals surface area contributed by atoms with E-state index in [2.05, 4.69) is 23.6 Å². The molecule has 3 heteroatoms. The second-order valence-electron chi connectivity index (χ2n) is 5.95. The molecule has 0 spiro atoms. The van der Waals surface area contributed by atoms with Gasteiger partial charge in [-0.05, 0) is 24.7 Å². The fourth-order valence-electron chi connectivity index (χ4n) is 2.33. The van der Waals surface area contributed by atoms with Gasteiger partial charge in [-0.25, -0.2) is 0 Å². The highest BCUT2D eigenvalue weighted by Crippen LogP contribution is 2.29. The van der Waals surface area contributed by atoms with E-state index in [-0.39, 0.29) is 0 Å². The van der Waals surface area contributed by atoms with Crippen LogP contribution in [0.4, 0.5) is 0 Å². The minimum Gasteiger partial charge on any atom is -0.326 e. The Labute approximate surface area is 100.0 Å². The molecule has 1 atom stereocenters. The molecule has 1 unspecified atom stereocenters. The van der Waals surface area contributed by atoms with Crippen LogP contribution in [0.5, 0.6) is 0 Å². The van der Waals surface area contributed by atoms with Crippen molar-refractivity contribution in [3.8, 4) is 0 Å².